The highest BCUT2D eigenvalue weighted by molar-refractivity contribution is 5.87. The number of methoxy groups -OCH3 is 4. The summed E-state index contributed by atoms with van der Waals surface area (Å²) >= 11 is 0. The average Bonchev–Trinajstić information content (AvgIpc) is 3.35. The van der Waals surface area contributed by atoms with Gasteiger partial charge in [0.2, 0.25) is 5.91 Å². The van der Waals surface area contributed by atoms with Crippen LogP contribution in [0.25, 0.3) is 0 Å². The summed E-state index contributed by atoms with van der Waals surface area (Å²) in [4.78, 5) is 33.1. The number of nitrogens with zero attached hydrogens (tertiary/aromatic N) is 2. The Morgan fingerprint density at radius 1 is 0.743 bits per heavy atom. The molecule has 70 heavy (non-hydrogen) atoms. The van der Waals surface area contributed by atoms with E-state index >= 15 is 4.79 Å². The molecule has 0 bridgehead atoms. The number of benzene rings is 5. The largest absolute Gasteiger partial charge is 0.497 e. The normalized spacial score (nSPS) is 14.8. The van der Waals surface area contributed by atoms with Crippen LogP contribution >= 0.6 is 0 Å². The van der Waals surface area contributed by atoms with Crippen LogP contribution < -0.4 is 28.4 Å². The summed E-state index contributed by atoms with van der Waals surface area (Å²) in [5, 5.41) is 12.3. The van der Waals surface area contributed by atoms with E-state index in [2.05, 4.69) is 6.58 Å². The molecule has 6 rings (SSSR count). The van der Waals surface area contributed by atoms with Gasteiger partial charge in [-0.15, -0.1) is 0 Å². The summed E-state index contributed by atoms with van der Waals surface area (Å²) in [5.41, 5.74) is 5.38. The van der Waals surface area contributed by atoms with E-state index in [4.69, 9.17) is 42.6 Å². The number of likely N-dealkylation sites (N-methyl/N-ethyl adjacent to an activating group) is 1. The molecule has 1 aliphatic heterocycles. The number of hydrogen-bond donors (Lipinski definition) is 1. The van der Waals surface area contributed by atoms with Crippen LogP contribution in [-0.2, 0) is 51.9 Å². The molecule has 1 unspecified atom stereocenters. The number of carbonyl (C=O) groups is 2. The molecule has 0 aliphatic carbocycles. The van der Waals surface area contributed by atoms with Crippen LogP contribution in [0.2, 0.25) is 0 Å². The first kappa shape index (κ1) is 52.6. The maximum atomic E-state index is 16.0. The number of carbonyl (C=O) groups excluding carboxylic acids is 2. The molecule has 0 radical (unpaired) electrons. The predicted octanol–water partition coefficient (Wildman–Crippen LogP) is 9.81. The zero-order valence-electron chi connectivity index (χ0n) is 42.2. The third-order valence-electron chi connectivity index (χ3n) is 12.1. The van der Waals surface area contributed by atoms with Crippen molar-refractivity contribution in [1.29, 1.82) is 0 Å². The maximum Gasteiger partial charge on any atom is 0.410 e. The quantitative estimate of drug-likeness (QED) is 0.0660. The molecule has 1 aliphatic rings. The third-order valence-corrected chi connectivity index (χ3v) is 12.1. The summed E-state index contributed by atoms with van der Waals surface area (Å²) in [5.74, 6) is 2.24. The third kappa shape index (κ3) is 12.5. The van der Waals surface area contributed by atoms with Gasteiger partial charge in [-0.1, -0.05) is 91.5 Å². The van der Waals surface area contributed by atoms with Crippen LogP contribution in [0.3, 0.4) is 0 Å². The Bertz CT molecular complexity index is 2540. The van der Waals surface area contributed by atoms with Gasteiger partial charge in [0.25, 0.3) is 0 Å². The standard InChI is InChI=1S/C56H68N2O12/c1-12-27-68-50-37(3)51(64-10)53(65-11)47-45(35-67-31-38-19-15-13-16-20-38)58(30-46(59)48(47)50)54(60)44(57(7)55(61)70-56(4,5)6)29-41-28-36(2)49(63-9)52(69-33-39-21-17-14-18-22-39)43(41)34-66-32-40-23-25-42(62-8)26-24-40/h12-26,28,44-46,59H,1,27,29-35H2,2-11H3/t44-,45+,46?/m1/s1. The highest BCUT2D eigenvalue weighted by atomic mass is 16.6. The van der Waals surface area contributed by atoms with Crippen molar-refractivity contribution < 1.29 is 57.3 Å². The SMILES string of the molecule is C=CCOc1c(C)c(OC)c(OC)c2c1C(O)CN(C(=O)[C@@H](Cc1cc(C)c(OC)c(OCc3ccccc3)c1COCc1ccc(OC)cc1)N(C)C(=O)OC(C)(C)C)[C@H]2COCc1ccccc1. The summed E-state index contributed by atoms with van der Waals surface area (Å²) < 4.78 is 55.3. The Morgan fingerprint density at radius 2 is 1.34 bits per heavy atom. The van der Waals surface area contributed by atoms with Crippen LogP contribution in [0.5, 0.6) is 34.5 Å². The second-order valence-electron chi connectivity index (χ2n) is 18.1. The lowest BCUT2D eigenvalue weighted by Crippen LogP contribution is -2.55. The Balaban J connectivity index is 1.51. The van der Waals surface area contributed by atoms with Gasteiger partial charge in [-0.25, -0.2) is 4.79 Å². The fraction of sp³-hybridized carbons (Fsp3) is 0.393. The van der Waals surface area contributed by atoms with Crippen molar-refractivity contribution in [2.75, 3.05) is 55.2 Å². The van der Waals surface area contributed by atoms with Crippen molar-refractivity contribution in [2.24, 2.45) is 0 Å². The number of rotatable bonds is 22. The van der Waals surface area contributed by atoms with Crippen molar-refractivity contribution in [1.82, 2.24) is 9.80 Å². The highest BCUT2D eigenvalue weighted by Gasteiger charge is 2.45. The highest BCUT2D eigenvalue weighted by Crippen LogP contribution is 2.52. The Labute approximate surface area is 412 Å². The Kier molecular flexibility index (Phi) is 18.2. The van der Waals surface area contributed by atoms with Gasteiger partial charge in [-0.3, -0.25) is 9.69 Å². The van der Waals surface area contributed by atoms with Crippen molar-refractivity contribution >= 4 is 12.0 Å². The van der Waals surface area contributed by atoms with E-state index in [1.54, 1.807) is 53.0 Å². The number of fused-ring (bicyclic) bond motifs is 1. The van der Waals surface area contributed by atoms with Crippen molar-refractivity contribution in [3.05, 3.63) is 154 Å². The molecule has 14 heteroatoms. The van der Waals surface area contributed by atoms with Gasteiger partial charge in [0.05, 0.1) is 67.5 Å². The van der Waals surface area contributed by atoms with Crippen molar-refractivity contribution in [2.45, 2.75) is 91.3 Å². The number of ether oxygens (including phenoxy) is 9. The van der Waals surface area contributed by atoms with Gasteiger partial charge in [-0.05, 0) is 74.6 Å². The van der Waals surface area contributed by atoms with E-state index in [0.717, 1.165) is 28.0 Å². The van der Waals surface area contributed by atoms with Gasteiger partial charge in [0.15, 0.2) is 23.0 Å². The van der Waals surface area contributed by atoms with Gasteiger partial charge < -0.3 is 52.6 Å². The topological polar surface area (TPSA) is 144 Å². The molecule has 14 nitrogen and oxygen atoms in total. The van der Waals surface area contributed by atoms with Gasteiger partial charge in [-0.2, -0.15) is 0 Å². The molecule has 0 fully saturated rings. The van der Waals surface area contributed by atoms with Crippen LogP contribution in [0.1, 0.15) is 83.0 Å². The predicted molar refractivity (Wildman–Crippen MR) is 267 cm³/mol. The van der Waals surface area contributed by atoms with E-state index in [1.807, 2.05) is 105 Å². The summed E-state index contributed by atoms with van der Waals surface area (Å²) in [6, 6.07) is 26.9. The number of aliphatic hydroxyl groups is 1. The second-order valence-corrected chi connectivity index (χ2v) is 18.1. The van der Waals surface area contributed by atoms with Crippen LogP contribution in [0.15, 0.2) is 104 Å². The maximum absolute atomic E-state index is 16.0. The number of aryl methyl sites for hydroxylation is 1. The Hall–Kier alpha value is -6.74. The molecule has 5 aromatic carbocycles. The lowest BCUT2D eigenvalue weighted by atomic mass is 9.86. The first-order chi connectivity index (χ1) is 33.6. The lowest BCUT2D eigenvalue weighted by Gasteiger charge is -2.43. The summed E-state index contributed by atoms with van der Waals surface area (Å²) in [6.45, 7) is 13.5. The average molecular weight is 961 g/mol. The zero-order valence-corrected chi connectivity index (χ0v) is 42.2. The molecule has 0 spiro atoms. The minimum Gasteiger partial charge on any atom is -0.497 e. The molecule has 374 valence electrons. The van der Waals surface area contributed by atoms with E-state index in [-0.39, 0.29) is 52.6 Å². The van der Waals surface area contributed by atoms with E-state index in [9.17, 15) is 9.90 Å². The zero-order chi connectivity index (χ0) is 50.5. The van der Waals surface area contributed by atoms with Gasteiger partial charge >= 0.3 is 6.09 Å². The fourth-order valence-corrected chi connectivity index (χ4v) is 8.72. The van der Waals surface area contributed by atoms with E-state index in [0.29, 0.717) is 56.6 Å². The number of aliphatic hydroxyl groups excluding tert-OH is 1. The minimum absolute atomic E-state index is 0.0264. The fourth-order valence-electron chi connectivity index (χ4n) is 8.72. The van der Waals surface area contributed by atoms with Crippen LogP contribution in [0, 0.1) is 13.8 Å². The minimum atomic E-state index is -1.27. The van der Waals surface area contributed by atoms with Crippen LogP contribution in [0.4, 0.5) is 4.79 Å². The first-order valence-corrected chi connectivity index (χ1v) is 23.3. The summed E-state index contributed by atoms with van der Waals surface area (Å²) in [6.07, 6.45) is -0.402. The number of β-amino-alcohol motifs (C(OH)–C–C–N with tert-alkyl or cyclic N) is 1. The molecule has 1 N–H and O–H groups in total. The van der Waals surface area contributed by atoms with Crippen molar-refractivity contribution in [3.63, 3.8) is 0 Å². The monoisotopic (exact) mass is 960 g/mol. The smallest absolute Gasteiger partial charge is 0.410 e. The molecule has 0 aromatic heterocycles. The molecule has 0 saturated heterocycles. The lowest BCUT2D eigenvalue weighted by molar-refractivity contribution is -0.144. The molecular formula is C56H68N2O12. The first-order valence-electron chi connectivity index (χ1n) is 23.3. The van der Waals surface area contributed by atoms with E-state index < -0.39 is 35.8 Å². The van der Waals surface area contributed by atoms with Crippen molar-refractivity contribution in [3.8, 4) is 34.5 Å². The molecule has 2 amide bonds. The molecule has 3 atom stereocenters. The molecule has 1 heterocycles. The molecule has 5 aromatic rings. The number of amides is 2. The van der Waals surface area contributed by atoms with E-state index in [1.165, 1.54) is 19.1 Å². The molecular weight excluding hydrogens is 893 g/mol. The van der Waals surface area contributed by atoms with Gasteiger partial charge in [0, 0.05) is 35.7 Å². The molecule has 0 saturated carbocycles. The second kappa shape index (κ2) is 24.2. The summed E-state index contributed by atoms with van der Waals surface area (Å²) in [7, 11) is 7.78. The van der Waals surface area contributed by atoms with Crippen LogP contribution in [-0.4, -0.2) is 93.8 Å². The number of hydrogen-bond acceptors (Lipinski definition) is 12. The van der Waals surface area contributed by atoms with Gasteiger partial charge in [0.1, 0.15) is 42.5 Å². The Morgan fingerprint density at radius 3 is 1.93 bits per heavy atom.